The Hall–Kier alpha value is -1.40. The molecule has 6 heteroatoms. The Morgan fingerprint density at radius 2 is 1.95 bits per heavy atom. The molecule has 1 aromatic rings. The molecular weight excluding hydrogens is 280 g/mol. The third kappa shape index (κ3) is 4.05. The van der Waals surface area contributed by atoms with Gasteiger partial charge < -0.3 is 4.74 Å². The van der Waals surface area contributed by atoms with Crippen molar-refractivity contribution >= 4 is 16.1 Å². The number of esters is 1. The van der Waals surface area contributed by atoms with Crippen LogP contribution in [0, 0.1) is 5.92 Å². The molecule has 5 nitrogen and oxygen atoms in total. The van der Waals surface area contributed by atoms with Gasteiger partial charge in [0.15, 0.2) is 0 Å². The van der Waals surface area contributed by atoms with Crippen molar-refractivity contribution in [2.45, 2.75) is 31.1 Å². The Labute approximate surface area is 119 Å². The number of carbonyl (C=O) groups excluding carboxylic acids is 1. The summed E-state index contributed by atoms with van der Waals surface area (Å²) in [5.74, 6) is -0.693. The molecule has 2 rings (SSSR count). The smallest absolute Gasteiger partial charge is 0.308 e. The first kappa shape index (κ1) is 15.0. The number of hydrogen-bond donors (Lipinski definition) is 0. The van der Waals surface area contributed by atoms with Crippen LogP contribution in [0.4, 0.5) is 0 Å². The lowest BCUT2D eigenvalue weighted by molar-refractivity contribution is -0.145. The van der Waals surface area contributed by atoms with Gasteiger partial charge in [-0.05, 0) is 24.8 Å². The Balaban J connectivity index is 1.91. The van der Waals surface area contributed by atoms with Crippen LogP contribution in [-0.4, -0.2) is 27.6 Å². The van der Waals surface area contributed by atoms with Crippen LogP contribution in [0.2, 0.25) is 0 Å². The molecule has 0 radical (unpaired) electrons. The van der Waals surface area contributed by atoms with Crippen molar-refractivity contribution in [1.29, 1.82) is 0 Å². The molecule has 0 N–H and O–H groups in total. The molecule has 110 valence electrons. The molecule has 1 aliphatic rings. The van der Waals surface area contributed by atoms with E-state index in [9.17, 15) is 13.2 Å². The quantitative estimate of drug-likeness (QED) is 0.613. The lowest BCUT2D eigenvalue weighted by Crippen LogP contribution is -2.19. The number of benzene rings is 1. The van der Waals surface area contributed by atoms with Gasteiger partial charge in [0.05, 0.1) is 19.1 Å². The van der Waals surface area contributed by atoms with Gasteiger partial charge in [-0.2, -0.15) is 8.42 Å². The fraction of sp³-hybridized carbons (Fsp3) is 0.500. The number of methoxy groups -OCH3 is 1. The first-order chi connectivity index (χ1) is 9.50. The predicted molar refractivity (Wildman–Crippen MR) is 73.3 cm³/mol. The van der Waals surface area contributed by atoms with Crippen molar-refractivity contribution in [1.82, 2.24) is 0 Å². The van der Waals surface area contributed by atoms with Crippen molar-refractivity contribution in [3.8, 4) is 0 Å². The molecule has 2 atom stereocenters. The van der Waals surface area contributed by atoms with Crippen LogP contribution in [0.1, 0.15) is 24.8 Å². The molecule has 0 amide bonds. The molecule has 20 heavy (non-hydrogen) atoms. The van der Waals surface area contributed by atoms with Crippen LogP contribution in [0.5, 0.6) is 0 Å². The second-order valence-electron chi connectivity index (χ2n) is 4.94. The zero-order valence-electron chi connectivity index (χ0n) is 11.3. The second kappa shape index (κ2) is 6.37. The first-order valence-corrected chi connectivity index (χ1v) is 8.10. The van der Waals surface area contributed by atoms with Crippen molar-refractivity contribution in [3.05, 3.63) is 35.9 Å². The average molecular weight is 298 g/mol. The van der Waals surface area contributed by atoms with Gasteiger partial charge in [-0.1, -0.05) is 30.3 Å². The summed E-state index contributed by atoms with van der Waals surface area (Å²) in [4.78, 5) is 11.4. The molecule has 0 saturated heterocycles. The second-order valence-corrected chi connectivity index (χ2v) is 6.54. The minimum atomic E-state index is -3.63. The first-order valence-electron chi connectivity index (χ1n) is 6.53. The lowest BCUT2D eigenvalue weighted by Gasteiger charge is -2.12. The fourth-order valence-corrected chi connectivity index (χ4v) is 3.69. The van der Waals surface area contributed by atoms with E-state index in [2.05, 4.69) is 4.74 Å². The van der Waals surface area contributed by atoms with Gasteiger partial charge in [-0.15, -0.1) is 0 Å². The molecule has 0 aromatic heterocycles. The standard InChI is InChI=1S/C14H18O5S/c1-18-14(15)12-7-8-13(9-12)19-20(16,17)10-11-5-3-2-4-6-11/h2-6,12-13H,7-10H2,1H3. The summed E-state index contributed by atoms with van der Waals surface area (Å²) in [6.07, 6.45) is 1.15. The van der Waals surface area contributed by atoms with Gasteiger partial charge in [-0.3, -0.25) is 8.98 Å². The minimum absolute atomic E-state index is 0.146. The van der Waals surface area contributed by atoms with Gasteiger partial charge in [-0.25, -0.2) is 0 Å². The van der Waals surface area contributed by atoms with E-state index in [-0.39, 0.29) is 17.6 Å². The van der Waals surface area contributed by atoms with Crippen LogP contribution in [0.15, 0.2) is 30.3 Å². The summed E-state index contributed by atoms with van der Waals surface area (Å²) in [6, 6.07) is 8.88. The van der Waals surface area contributed by atoms with Gasteiger partial charge in [0, 0.05) is 0 Å². The summed E-state index contributed by atoms with van der Waals surface area (Å²) < 4.78 is 33.8. The largest absolute Gasteiger partial charge is 0.469 e. The van der Waals surface area contributed by atoms with E-state index in [0.29, 0.717) is 24.8 Å². The maximum atomic E-state index is 12.0. The van der Waals surface area contributed by atoms with E-state index in [0.717, 1.165) is 0 Å². The van der Waals surface area contributed by atoms with Crippen LogP contribution in [-0.2, 0) is 29.6 Å². The van der Waals surface area contributed by atoms with Gasteiger partial charge in [0.2, 0.25) is 0 Å². The summed E-state index contributed by atoms with van der Waals surface area (Å²) in [6.45, 7) is 0. The highest BCUT2D eigenvalue weighted by Gasteiger charge is 2.33. The van der Waals surface area contributed by atoms with Gasteiger partial charge in [0.1, 0.15) is 5.75 Å². The van der Waals surface area contributed by atoms with Crippen LogP contribution in [0.25, 0.3) is 0 Å². The fourth-order valence-electron chi connectivity index (χ4n) is 2.43. The van der Waals surface area contributed by atoms with E-state index in [1.54, 1.807) is 24.3 Å². The van der Waals surface area contributed by atoms with Crippen molar-refractivity contribution in [2.75, 3.05) is 7.11 Å². The summed E-state index contributed by atoms with van der Waals surface area (Å²) in [5.41, 5.74) is 0.690. The molecule has 2 unspecified atom stereocenters. The van der Waals surface area contributed by atoms with Crippen molar-refractivity contribution in [2.24, 2.45) is 5.92 Å². The predicted octanol–water partition coefficient (Wildman–Crippen LogP) is 1.87. The Morgan fingerprint density at radius 3 is 2.60 bits per heavy atom. The minimum Gasteiger partial charge on any atom is -0.469 e. The highest BCUT2D eigenvalue weighted by molar-refractivity contribution is 7.85. The van der Waals surface area contributed by atoms with Gasteiger partial charge in [0.25, 0.3) is 10.1 Å². The molecule has 0 aliphatic heterocycles. The SMILES string of the molecule is COC(=O)C1CCC(OS(=O)(=O)Cc2ccccc2)C1. The maximum Gasteiger partial charge on any atom is 0.308 e. The number of ether oxygens (including phenoxy) is 1. The van der Waals surface area contributed by atoms with Crippen LogP contribution < -0.4 is 0 Å². The molecule has 1 aromatic carbocycles. The van der Waals surface area contributed by atoms with E-state index < -0.39 is 16.2 Å². The van der Waals surface area contributed by atoms with Crippen LogP contribution >= 0.6 is 0 Å². The van der Waals surface area contributed by atoms with E-state index in [1.807, 2.05) is 6.07 Å². The maximum absolute atomic E-state index is 12.0. The number of rotatable bonds is 5. The molecular formula is C14H18O5S. The van der Waals surface area contributed by atoms with Crippen LogP contribution in [0.3, 0.4) is 0 Å². The van der Waals surface area contributed by atoms with Gasteiger partial charge >= 0.3 is 5.97 Å². The van der Waals surface area contributed by atoms with Crippen molar-refractivity contribution < 1.29 is 22.1 Å². The summed E-state index contributed by atoms with van der Waals surface area (Å²) in [7, 11) is -2.29. The van der Waals surface area contributed by atoms with Crippen molar-refractivity contribution in [3.63, 3.8) is 0 Å². The topological polar surface area (TPSA) is 69.7 Å². The Kier molecular flexibility index (Phi) is 4.77. The third-order valence-electron chi connectivity index (χ3n) is 3.39. The highest BCUT2D eigenvalue weighted by atomic mass is 32.2. The van der Waals surface area contributed by atoms with E-state index >= 15 is 0 Å². The molecule has 1 fully saturated rings. The zero-order valence-corrected chi connectivity index (χ0v) is 12.1. The van der Waals surface area contributed by atoms with E-state index in [1.165, 1.54) is 7.11 Å². The molecule has 0 bridgehead atoms. The van der Waals surface area contributed by atoms with E-state index in [4.69, 9.17) is 4.18 Å². The number of hydrogen-bond acceptors (Lipinski definition) is 5. The average Bonchev–Trinajstić information content (AvgIpc) is 2.86. The monoisotopic (exact) mass is 298 g/mol. The molecule has 0 spiro atoms. The number of carbonyl (C=O) groups is 1. The molecule has 1 aliphatic carbocycles. The Bertz CT molecular complexity index is 552. The summed E-state index contributed by atoms with van der Waals surface area (Å²) >= 11 is 0. The zero-order chi connectivity index (χ0) is 14.6. The lowest BCUT2D eigenvalue weighted by atomic mass is 10.1. The molecule has 1 saturated carbocycles. The Morgan fingerprint density at radius 1 is 1.25 bits per heavy atom. The highest BCUT2D eigenvalue weighted by Crippen LogP contribution is 2.30. The third-order valence-corrected chi connectivity index (χ3v) is 4.64. The normalized spacial score (nSPS) is 22.6. The molecule has 0 heterocycles. The summed E-state index contributed by atoms with van der Waals surface area (Å²) in [5, 5.41) is 0.